The maximum Gasteiger partial charge on any atom is 0.316 e. The minimum Gasteiger partial charge on any atom is -0.449 e. The van der Waals surface area contributed by atoms with Crippen LogP contribution >= 0.6 is 11.6 Å². The Morgan fingerprint density at radius 2 is 1.63 bits per heavy atom. The molecule has 3 heterocycles. The number of hydrogen-bond donors (Lipinski definition) is 0. The number of aromatic nitrogens is 3. The molecule has 1 aliphatic heterocycles. The van der Waals surface area contributed by atoms with Crippen molar-refractivity contribution in [1.82, 2.24) is 19.7 Å². The summed E-state index contributed by atoms with van der Waals surface area (Å²) in [4.78, 5) is 34.4. The first-order chi connectivity index (χ1) is 18.6. The normalized spacial score (nSPS) is 15.4. The Balaban J connectivity index is 1.31. The Bertz CT molecular complexity index is 1490. The van der Waals surface area contributed by atoms with Crippen LogP contribution in [0.1, 0.15) is 12.8 Å². The molecular formula is C29H26ClN5O3. The third kappa shape index (κ3) is 4.99. The quantitative estimate of drug-likeness (QED) is 0.358. The minimum absolute atomic E-state index is 0.186. The number of amides is 1. The van der Waals surface area contributed by atoms with Crippen LogP contribution in [0.25, 0.3) is 16.8 Å². The topological polar surface area (TPSA) is 80.6 Å². The van der Waals surface area contributed by atoms with Gasteiger partial charge in [0.25, 0.3) is 0 Å². The van der Waals surface area contributed by atoms with Crippen molar-refractivity contribution in [2.75, 3.05) is 31.1 Å². The van der Waals surface area contributed by atoms with Crippen LogP contribution < -0.4 is 15.2 Å². The lowest BCUT2D eigenvalue weighted by Gasteiger charge is -2.36. The highest BCUT2D eigenvalue weighted by atomic mass is 35.5. The number of hydrogen-bond acceptors (Lipinski definition) is 6. The highest BCUT2D eigenvalue weighted by Crippen LogP contribution is 2.33. The molecule has 2 aliphatic rings. The molecule has 38 heavy (non-hydrogen) atoms. The fraction of sp³-hybridized carbons (Fsp3) is 0.241. The van der Waals surface area contributed by atoms with E-state index in [4.69, 9.17) is 16.3 Å². The van der Waals surface area contributed by atoms with Gasteiger partial charge in [-0.3, -0.25) is 14.6 Å². The fourth-order valence-corrected chi connectivity index (χ4v) is 4.77. The molecule has 1 aliphatic carbocycles. The maximum atomic E-state index is 13.7. The number of anilines is 1. The van der Waals surface area contributed by atoms with Crippen LogP contribution in [0.15, 0.2) is 84.0 Å². The van der Waals surface area contributed by atoms with Gasteiger partial charge in [0.15, 0.2) is 0 Å². The Morgan fingerprint density at radius 3 is 2.29 bits per heavy atom. The zero-order chi connectivity index (χ0) is 26.1. The second-order valence-corrected chi connectivity index (χ2v) is 9.94. The standard InChI is InChI=1S/C29H26ClN5O3/c30-23-7-9-24(10-8-23)35-29(37)27(38-25-11-5-20(6-12-25)22-2-1-13-31-18-22)26(19-32-35)33-14-16-34(17-15-33)28(36)21-3-4-21/h1-2,5-13,18-19,21H,3-4,14-17H2. The van der Waals surface area contributed by atoms with Crippen molar-refractivity contribution in [1.29, 1.82) is 0 Å². The van der Waals surface area contributed by atoms with E-state index in [2.05, 4.69) is 15.0 Å². The smallest absolute Gasteiger partial charge is 0.316 e. The van der Waals surface area contributed by atoms with Crippen LogP contribution in [-0.4, -0.2) is 51.8 Å². The van der Waals surface area contributed by atoms with Crippen molar-refractivity contribution in [3.05, 3.63) is 94.6 Å². The number of ether oxygens (including phenoxy) is 1. The van der Waals surface area contributed by atoms with Gasteiger partial charge in [-0.1, -0.05) is 29.8 Å². The molecule has 0 unspecified atom stereocenters. The van der Waals surface area contributed by atoms with E-state index in [9.17, 15) is 9.59 Å². The van der Waals surface area contributed by atoms with E-state index < -0.39 is 0 Å². The highest BCUT2D eigenvalue weighted by molar-refractivity contribution is 6.30. The van der Waals surface area contributed by atoms with E-state index in [1.54, 1.807) is 42.9 Å². The van der Waals surface area contributed by atoms with Crippen molar-refractivity contribution >= 4 is 23.2 Å². The molecule has 2 aromatic carbocycles. The second kappa shape index (κ2) is 10.3. The highest BCUT2D eigenvalue weighted by Gasteiger charge is 2.35. The summed E-state index contributed by atoms with van der Waals surface area (Å²) in [6.45, 7) is 2.41. The molecule has 2 aromatic heterocycles. The molecule has 0 spiro atoms. The third-order valence-electron chi connectivity index (χ3n) is 6.91. The third-order valence-corrected chi connectivity index (χ3v) is 7.17. The fourth-order valence-electron chi connectivity index (χ4n) is 4.64. The van der Waals surface area contributed by atoms with Crippen LogP contribution in [0.5, 0.6) is 11.5 Å². The predicted molar refractivity (Wildman–Crippen MR) is 146 cm³/mol. The summed E-state index contributed by atoms with van der Waals surface area (Å²) < 4.78 is 7.57. The summed E-state index contributed by atoms with van der Waals surface area (Å²) in [5.41, 5.74) is 2.80. The molecule has 8 nitrogen and oxygen atoms in total. The first kappa shape index (κ1) is 24.2. The summed E-state index contributed by atoms with van der Waals surface area (Å²) in [5, 5.41) is 5.03. The van der Waals surface area contributed by atoms with Gasteiger partial charge in [-0.15, -0.1) is 0 Å². The van der Waals surface area contributed by atoms with E-state index in [1.165, 1.54) is 4.68 Å². The molecule has 192 valence electrons. The van der Waals surface area contributed by atoms with Gasteiger partial charge < -0.3 is 14.5 Å². The average molecular weight is 528 g/mol. The van der Waals surface area contributed by atoms with E-state index in [1.807, 2.05) is 41.3 Å². The lowest BCUT2D eigenvalue weighted by Crippen LogP contribution is -2.49. The van der Waals surface area contributed by atoms with Crippen LogP contribution in [0.3, 0.4) is 0 Å². The first-order valence-corrected chi connectivity index (χ1v) is 13.0. The summed E-state index contributed by atoms with van der Waals surface area (Å²) in [5.74, 6) is 1.16. The van der Waals surface area contributed by atoms with Gasteiger partial charge in [-0.25, -0.2) is 0 Å². The summed E-state index contributed by atoms with van der Waals surface area (Å²) in [7, 11) is 0. The zero-order valence-corrected chi connectivity index (χ0v) is 21.4. The molecule has 0 radical (unpaired) electrons. The van der Waals surface area contributed by atoms with Crippen molar-refractivity contribution in [3.63, 3.8) is 0 Å². The van der Waals surface area contributed by atoms with Crippen LogP contribution in [0.4, 0.5) is 5.69 Å². The van der Waals surface area contributed by atoms with Gasteiger partial charge in [0.1, 0.15) is 11.4 Å². The van der Waals surface area contributed by atoms with Gasteiger partial charge in [0.05, 0.1) is 11.9 Å². The number of piperazine rings is 1. The van der Waals surface area contributed by atoms with E-state index in [-0.39, 0.29) is 23.1 Å². The molecule has 0 N–H and O–H groups in total. The minimum atomic E-state index is -0.377. The Labute approximate surface area is 225 Å². The average Bonchev–Trinajstić information content (AvgIpc) is 3.81. The molecule has 1 saturated carbocycles. The van der Waals surface area contributed by atoms with Crippen molar-refractivity contribution < 1.29 is 9.53 Å². The molecule has 4 aromatic rings. The summed E-state index contributed by atoms with van der Waals surface area (Å²) in [6.07, 6.45) is 7.18. The van der Waals surface area contributed by atoms with Crippen LogP contribution in [0.2, 0.25) is 5.02 Å². The van der Waals surface area contributed by atoms with Gasteiger partial charge in [-0.2, -0.15) is 9.78 Å². The number of rotatable bonds is 6. The largest absolute Gasteiger partial charge is 0.449 e. The van der Waals surface area contributed by atoms with Crippen molar-refractivity contribution in [3.8, 4) is 28.3 Å². The molecule has 0 bridgehead atoms. The number of halogens is 1. The Morgan fingerprint density at radius 1 is 0.895 bits per heavy atom. The molecule has 6 rings (SSSR count). The summed E-state index contributed by atoms with van der Waals surface area (Å²) >= 11 is 6.05. The number of carbonyl (C=O) groups is 1. The van der Waals surface area contributed by atoms with Crippen LogP contribution in [-0.2, 0) is 4.79 Å². The molecule has 9 heteroatoms. The molecular weight excluding hydrogens is 502 g/mol. The molecule has 2 fully saturated rings. The van der Waals surface area contributed by atoms with Gasteiger partial charge in [-0.05, 0) is 66.4 Å². The predicted octanol–water partition coefficient (Wildman–Crippen LogP) is 4.80. The monoisotopic (exact) mass is 527 g/mol. The lowest BCUT2D eigenvalue weighted by atomic mass is 10.1. The number of pyridine rings is 1. The second-order valence-electron chi connectivity index (χ2n) is 9.51. The van der Waals surface area contributed by atoms with Crippen molar-refractivity contribution in [2.24, 2.45) is 5.92 Å². The van der Waals surface area contributed by atoms with Gasteiger partial charge >= 0.3 is 5.56 Å². The van der Waals surface area contributed by atoms with Crippen LogP contribution in [0, 0.1) is 5.92 Å². The number of nitrogens with zero attached hydrogens (tertiary/aromatic N) is 5. The Kier molecular flexibility index (Phi) is 6.55. The zero-order valence-electron chi connectivity index (χ0n) is 20.7. The molecule has 0 atom stereocenters. The van der Waals surface area contributed by atoms with E-state index in [0.717, 1.165) is 24.0 Å². The molecule has 1 amide bonds. The van der Waals surface area contributed by atoms with Crippen molar-refractivity contribution in [2.45, 2.75) is 12.8 Å². The maximum absolute atomic E-state index is 13.7. The van der Waals surface area contributed by atoms with Gasteiger partial charge in [0.2, 0.25) is 11.7 Å². The van der Waals surface area contributed by atoms with E-state index in [0.29, 0.717) is 48.3 Å². The van der Waals surface area contributed by atoms with E-state index >= 15 is 0 Å². The van der Waals surface area contributed by atoms with Gasteiger partial charge in [0, 0.05) is 49.5 Å². The molecule has 1 saturated heterocycles. The Hall–Kier alpha value is -4.17. The number of benzene rings is 2. The first-order valence-electron chi connectivity index (χ1n) is 12.7. The number of carbonyl (C=O) groups excluding carboxylic acids is 1. The SMILES string of the molecule is O=C(C1CC1)N1CCN(c2cnn(-c3ccc(Cl)cc3)c(=O)c2Oc2ccc(-c3cccnc3)cc2)CC1. The summed E-state index contributed by atoms with van der Waals surface area (Å²) in [6, 6.07) is 18.3. The lowest BCUT2D eigenvalue weighted by molar-refractivity contribution is -0.132.